The third-order valence-electron chi connectivity index (χ3n) is 9.65. The minimum atomic E-state index is -2.26. The van der Waals surface area contributed by atoms with E-state index in [-0.39, 0.29) is 22.3 Å². The zero-order valence-corrected chi connectivity index (χ0v) is 34.3. The topological polar surface area (TPSA) is 18.5 Å². The second kappa shape index (κ2) is 17.7. The zero-order valence-electron chi connectivity index (χ0n) is 29.5. The molecular formula is C34H72O2Si2Sn. The van der Waals surface area contributed by atoms with Gasteiger partial charge in [-0.3, -0.25) is 0 Å². The molecule has 0 saturated carbocycles. The van der Waals surface area contributed by atoms with Crippen LogP contribution in [-0.4, -0.2) is 47.2 Å². The summed E-state index contributed by atoms with van der Waals surface area (Å²) in [5.74, 6) is 0. The van der Waals surface area contributed by atoms with Crippen molar-refractivity contribution in [2.45, 2.75) is 189 Å². The molecule has 0 aromatic heterocycles. The quantitative estimate of drug-likeness (QED) is 0.0994. The summed E-state index contributed by atoms with van der Waals surface area (Å²) in [7, 11) is -3.68. The first-order valence-corrected chi connectivity index (χ1v) is 30.0. The van der Waals surface area contributed by atoms with Gasteiger partial charge in [-0.2, -0.15) is 0 Å². The number of unbranched alkanes of at least 4 members (excludes halogenated alkanes) is 3. The van der Waals surface area contributed by atoms with Crippen LogP contribution in [0.3, 0.4) is 0 Å². The minimum absolute atomic E-state index is 0.208. The monoisotopic (exact) mass is 688 g/mol. The second-order valence-electron chi connectivity index (χ2n) is 15.6. The van der Waals surface area contributed by atoms with Crippen LogP contribution in [0.4, 0.5) is 0 Å². The van der Waals surface area contributed by atoms with Crippen molar-refractivity contribution >= 4 is 35.0 Å². The first-order valence-electron chi connectivity index (χ1n) is 16.5. The van der Waals surface area contributed by atoms with Gasteiger partial charge in [0, 0.05) is 0 Å². The molecule has 0 aliphatic carbocycles. The Hall–Kier alpha value is 0.632. The molecule has 0 unspecified atom stereocenters. The molecule has 0 aromatic carbocycles. The predicted octanol–water partition coefficient (Wildman–Crippen LogP) is 12.5. The first kappa shape index (κ1) is 39.6. The van der Waals surface area contributed by atoms with Gasteiger partial charge in [-0.05, 0) is 0 Å². The van der Waals surface area contributed by atoms with E-state index < -0.39 is 35.0 Å². The Morgan fingerprint density at radius 2 is 1.15 bits per heavy atom. The first-order chi connectivity index (χ1) is 17.8. The molecule has 0 aliphatic heterocycles. The van der Waals surface area contributed by atoms with E-state index in [2.05, 4.69) is 119 Å². The molecule has 232 valence electrons. The van der Waals surface area contributed by atoms with Crippen LogP contribution < -0.4 is 0 Å². The SMILES string of the molecule is CCC[CH2][Sn]([CH]=CC(C)=CC[C@H](C[C@H](C)O[Si](C)(C)C(C)(C)C)O[Si](C)(C)C(C)(C)C)([CH2]CCC)[CH2]CCC. The fraction of sp³-hybridized carbons (Fsp3) is 0.882. The van der Waals surface area contributed by atoms with Gasteiger partial charge in [0.2, 0.25) is 0 Å². The van der Waals surface area contributed by atoms with Crippen molar-refractivity contribution < 1.29 is 8.85 Å². The number of rotatable bonds is 19. The van der Waals surface area contributed by atoms with E-state index in [4.69, 9.17) is 8.85 Å². The molecule has 39 heavy (non-hydrogen) atoms. The van der Waals surface area contributed by atoms with Gasteiger partial charge < -0.3 is 0 Å². The standard InChI is InChI=1S/C22H45O2Si2.3C4H9.Sn/c1-14-18(2)15-16-20(24-26(12,13)22(7,8)9)17-19(3)23-25(10,11)21(4,5)6;3*1-3-4-2;/h1,14-15,19-20H,16-17H2,2-13H3;3*1,3-4H2,2H3;/t19-,20+;;;;/m0..../s1. The second-order valence-corrected chi connectivity index (χ2v) is 38.1. The van der Waals surface area contributed by atoms with E-state index in [1.54, 1.807) is 0 Å². The van der Waals surface area contributed by atoms with Crippen molar-refractivity contribution in [1.29, 1.82) is 0 Å². The van der Waals surface area contributed by atoms with Crippen LogP contribution in [0.15, 0.2) is 21.8 Å². The van der Waals surface area contributed by atoms with Crippen molar-refractivity contribution in [2.75, 3.05) is 0 Å². The summed E-state index contributed by atoms with van der Waals surface area (Å²) in [5.41, 5.74) is 1.43. The third-order valence-corrected chi connectivity index (χ3v) is 32.8. The van der Waals surface area contributed by atoms with Gasteiger partial charge in [-0.25, -0.2) is 0 Å². The molecule has 5 heteroatoms. The Morgan fingerprint density at radius 3 is 1.54 bits per heavy atom. The van der Waals surface area contributed by atoms with Crippen LogP contribution in [0.5, 0.6) is 0 Å². The summed E-state index contributed by atoms with van der Waals surface area (Å²) >= 11 is -2.26. The summed E-state index contributed by atoms with van der Waals surface area (Å²) < 4.78 is 21.3. The van der Waals surface area contributed by atoms with E-state index in [1.807, 2.05) is 0 Å². The Bertz CT molecular complexity index is 707. The van der Waals surface area contributed by atoms with Gasteiger partial charge in [0.1, 0.15) is 0 Å². The molecule has 0 N–H and O–H groups in total. The van der Waals surface area contributed by atoms with Gasteiger partial charge in [-0.1, -0.05) is 0 Å². The van der Waals surface area contributed by atoms with E-state index >= 15 is 0 Å². The normalized spacial score (nSPS) is 16.2. The molecule has 0 bridgehead atoms. The van der Waals surface area contributed by atoms with Crippen LogP contribution in [-0.2, 0) is 8.85 Å². The van der Waals surface area contributed by atoms with Crippen molar-refractivity contribution in [3.05, 3.63) is 21.8 Å². The van der Waals surface area contributed by atoms with E-state index in [9.17, 15) is 0 Å². The van der Waals surface area contributed by atoms with Crippen LogP contribution in [0, 0.1) is 0 Å². The number of hydrogen-bond acceptors (Lipinski definition) is 2. The molecule has 2 atom stereocenters. The van der Waals surface area contributed by atoms with E-state index in [0.717, 1.165) is 12.8 Å². The fourth-order valence-corrected chi connectivity index (χ4v) is 22.0. The molecule has 0 aromatic rings. The van der Waals surface area contributed by atoms with Gasteiger partial charge >= 0.3 is 255 Å². The predicted molar refractivity (Wildman–Crippen MR) is 187 cm³/mol. The molecular weight excluding hydrogens is 615 g/mol. The molecule has 0 saturated heterocycles. The third kappa shape index (κ3) is 15.1. The van der Waals surface area contributed by atoms with Gasteiger partial charge in [-0.15, -0.1) is 0 Å². The van der Waals surface area contributed by atoms with E-state index in [1.165, 1.54) is 57.4 Å². The van der Waals surface area contributed by atoms with Crippen molar-refractivity contribution in [2.24, 2.45) is 0 Å². The maximum atomic E-state index is 7.05. The average Bonchev–Trinajstić information content (AvgIpc) is 2.79. The van der Waals surface area contributed by atoms with Gasteiger partial charge in [0.25, 0.3) is 0 Å². The molecule has 0 spiro atoms. The van der Waals surface area contributed by atoms with Crippen molar-refractivity contribution in [3.8, 4) is 0 Å². The molecule has 0 fully saturated rings. The summed E-state index contributed by atoms with van der Waals surface area (Å²) in [4.78, 5) is 0. The van der Waals surface area contributed by atoms with Crippen LogP contribution in [0.2, 0.25) is 49.6 Å². The molecule has 2 nitrogen and oxygen atoms in total. The molecule has 0 aliphatic rings. The number of allylic oxidation sites excluding steroid dienone is 2. The van der Waals surface area contributed by atoms with Gasteiger partial charge in [0.05, 0.1) is 0 Å². The van der Waals surface area contributed by atoms with Crippen LogP contribution in [0.25, 0.3) is 0 Å². The summed E-state index contributed by atoms with van der Waals surface area (Å²) in [5, 5.41) is 0.434. The summed E-state index contributed by atoms with van der Waals surface area (Å²) in [6, 6.07) is 0. The maximum absolute atomic E-state index is 7.05. The molecule has 0 radical (unpaired) electrons. The Labute approximate surface area is 253 Å². The molecule has 0 heterocycles. The average molecular weight is 688 g/mol. The fourth-order valence-electron chi connectivity index (χ4n) is 4.79. The van der Waals surface area contributed by atoms with E-state index in [0.29, 0.717) is 0 Å². The van der Waals surface area contributed by atoms with Crippen molar-refractivity contribution in [3.63, 3.8) is 0 Å². The number of hydrogen-bond donors (Lipinski definition) is 0. The van der Waals surface area contributed by atoms with Crippen LogP contribution >= 0.6 is 0 Å². The Morgan fingerprint density at radius 1 is 0.744 bits per heavy atom. The Balaban J connectivity index is 5.90. The zero-order chi connectivity index (χ0) is 30.5. The summed E-state index contributed by atoms with van der Waals surface area (Å²) in [6.07, 6.45) is 15.7. The molecule has 0 rings (SSSR count). The van der Waals surface area contributed by atoms with Crippen LogP contribution in [0.1, 0.15) is 128 Å². The van der Waals surface area contributed by atoms with Crippen molar-refractivity contribution in [1.82, 2.24) is 0 Å². The summed E-state index contributed by atoms with van der Waals surface area (Å²) in [6.45, 7) is 35.3. The van der Waals surface area contributed by atoms with Gasteiger partial charge in [0.15, 0.2) is 0 Å². The molecule has 0 amide bonds. The Kier molecular flexibility index (Phi) is 18.0.